The van der Waals surface area contributed by atoms with Crippen molar-refractivity contribution in [2.75, 3.05) is 16.8 Å². The third kappa shape index (κ3) is 3.55. The van der Waals surface area contributed by atoms with Gasteiger partial charge in [0.15, 0.2) is 5.82 Å². The van der Waals surface area contributed by atoms with Gasteiger partial charge in [0.25, 0.3) is 0 Å². The molecule has 0 aliphatic rings. The van der Waals surface area contributed by atoms with E-state index in [9.17, 15) is 0 Å². The van der Waals surface area contributed by atoms with Gasteiger partial charge in [-0.3, -0.25) is 4.98 Å². The fourth-order valence-electron chi connectivity index (χ4n) is 3.08. The van der Waals surface area contributed by atoms with E-state index in [4.69, 9.17) is 0 Å². The standard InChI is InChI=1S/C21H20N6/c1-3-27(17-10-4-7-15(2)13-17)19-14-23-26-21(25-19)24-18-11-5-8-16-9-6-12-22-20(16)18/h4-14H,3H2,1-2H3,(H,24,25,26). The van der Waals surface area contributed by atoms with Crippen LogP contribution in [0, 0.1) is 6.92 Å². The van der Waals surface area contributed by atoms with E-state index in [0.717, 1.165) is 34.6 Å². The first-order chi connectivity index (χ1) is 13.2. The maximum Gasteiger partial charge on any atom is 0.249 e. The van der Waals surface area contributed by atoms with Crippen LogP contribution in [0.2, 0.25) is 0 Å². The highest BCUT2D eigenvalue weighted by molar-refractivity contribution is 5.91. The minimum Gasteiger partial charge on any atom is -0.325 e. The summed E-state index contributed by atoms with van der Waals surface area (Å²) in [6.07, 6.45) is 3.46. The lowest BCUT2D eigenvalue weighted by Gasteiger charge is -2.22. The summed E-state index contributed by atoms with van der Waals surface area (Å²) in [5.74, 6) is 1.19. The van der Waals surface area contributed by atoms with Crippen LogP contribution >= 0.6 is 0 Å². The monoisotopic (exact) mass is 356 g/mol. The average Bonchev–Trinajstić information content (AvgIpc) is 2.69. The zero-order valence-electron chi connectivity index (χ0n) is 15.3. The summed E-state index contributed by atoms with van der Waals surface area (Å²) >= 11 is 0. The molecule has 27 heavy (non-hydrogen) atoms. The number of hydrogen-bond acceptors (Lipinski definition) is 6. The second-order valence-corrected chi connectivity index (χ2v) is 6.23. The normalized spacial score (nSPS) is 10.7. The van der Waals surface area contributed by atoms with E-state index in [1.165, 1.54) is 5.56 Å². The maximum atomic E-state index is 4.67. The molecule has 134 valence electrons. The van der Waals surface area contributed by atoms with Crippen molar-refractivity contribution in [1.29, 1.82) is 0 Å². The van der Waals surface area contributed by atoms with Crippen LogP contribution in [0.15, 0.2) is 67.0 Å². The lowest BCUT2D eigenvalue weighted by molar-refractivity contribution is 0.922. The Bertz CT molecular complexity index is 1070. The Morgan fingerprint density at radius 2 is 1.89 bits per heavy atom. The molecule has 6 nitrogen and oxygen atoms in total. The van der Waals surface area contributed by atoms with Gasteiger partial charge in [0.2, 0.25) is 5.95 Å². The fourth-order valence-corrected chi connectivity index (χ4v) is 3.08. The summed E-state index contributed by atoms with van der Waals surface area (Å²) in [6, 6.07) is 18.2. The molecule has 0 saturated heterocycles. The van der Waals surface area contributed by atoms with Gasteiger partial charge in [0.05, 0.1) is 17.4 Å². The summed E-state index contributed by atoms with van der Waals surface area (Å²) in [4.78, 5) is 11.2. The molecule has 0 fully saturated rings. The first-order valence-corrected chi connectivity index (χ1v) is 8.89. The van der Waals surface area contributed by atoms with Gasteiger partial charge in [0, 0.05) is 23.8 Å². The van der Waals surface area contributed by atoms with Crippen LogP contribution in [0.25, 0.3) is 10.9 Å². The van der Waals surface area contributed by atoms with Gasteiger partial charge in [-0.25, -0.2) is 0 Å². The van der Waals surface area contributed by atoms with Gasteiger partial charge < -0.3 is 10.2 Å². The largest absolute Gasteiger partial charge is 0.325 e. The molecule has 0 amide bonds. The number of anilines is 4. The third-order valence-electron chi connectivity index (χ3n) is 4.33. The van der Waals surface area contributed by atoms with Crippen LogP contribution in [0.4, 0.5) is 23.1 Å². The van der Waals surface area contributed by atoms with Crippen molar-refractivity contribution in [2.45, 2.75) is 13.8 Å². The number of para-hydroxylation sites is 1. The number of aromatic nitrogens is 4. The van der Waals surface area contributed by atoms with E-state index in [1.807, 2.05) is 36.4 Å². The predicted octanol–water partition coefficient (Wildman–Crippen LogP) is 4.63. The summed E-state index contributed by atoms with van der Waals surface area (Å²) in [5, 5.41) is 12.6. The highest BCUT2D eigenvalue weighted by atomic mass is 15.3. The fraction of sp³-hybridized carbons (Fsp3) is 0.143. The lowest BCUT2D eigenvalue weighted by atomic mass is 10.2. The van der Waals surface area contributed by atoms with Gasteiger partial charge in [-0.05, 0) is 43.7 Å². The van der Waals surface area contributed by atoms with Crippen LogP contribution in [-0.4, -0.2) is 26.7 Å². The van der Waals surface area contributed by atoms with E-state index in [1.54, 1.807) is 12.4 Å². The Hall–Kier alpha value is -3.54. The summed E-state index contributed by atoms with van der Waals surface area (Å²) < 4.78 is 0. The summed E-state index contributed by atoms with van der Waals surface area (Å²) in [5.41, 5.74) is 4.01. The molecule has 0 unspecified atom stereocenters. The van der Waals surface area contributed by atoms with E-state index in [2.05, 4.69) is 62.4 Å². The Labute approximate surface area is 157 Å². The zero-order valence-corrected chi connectivity index (χ0v) is 15.3. The molecule has 2 aromatic carbocycles. The lowest BCUT2D eigenvalue weighted by Crippen LogP contribution is -2.18. The number of aryl methyl sites for hydroxylation is 1. The molecule has 0 saturated carbocycles. The van der Waals surface area contributed by atoms with Crippen molar-refractivity contribution >= 4 is 34.0 Å². The van der Waals surface area contributed by atoms with E-state index in [0.29, 0.717) is 5.95 Å². The molecule has 4 aromatic rings. The van der Waals surface area contributed by atoms with Crippen LogP contribution in [-0.2, 0) is 0 Å². The van der Waals surface area contributed by atoms with Gasteiger partial charge in [-0.1, -0.05) is 30.3 Å². The molecular formula is C21H20N6. The molecule has 1 N–H and O–H groups in total. The molecule has 0 atom stereocenters. The molecule has 0 radical (unpaired) electrons. The smallest absolute Gasteiger partial charge is 0.249 e. The van der Waals surface area contributed by atoms with Crippen molar-refractivity contribution in [1.82, 2.24) is 20.2 Å². The quantitative estimate of drug-likeness (QED) is 0.562. The minimum absolute atomic E-state index is 0.441. The van der Waals surface area contributed by atoms with Crippen molar-refractivity contribution in [2.24, 2.45) is 0 Å². The second-order valence-electron chi connectivity index (χ2n) is 6.23. The summed E-state index contributed by atoms with van der Waals surface area (Å²) in [6.45, 7) is 4.94. The number of nitrogens with zero attached hydrogens (tertiary/aromatic N) is 5. The van der Waals surface area contributed by atoms with Crippen molar-refractivity contribution in [3.63, 3.8) is 0 Å². The van der Waals surface area contributed by atoms with Gasteiger partial charge in [-0.15, -0.1) is 5.10 Å². The molecular weight excluding hydrogens is 336 g/mol. The molecule has 6 heteroatoms. The number of fused-ring (bicyclic) bond motifs is 1. The van der Waals surface area contributed by atoms with E-state index >= 15 is 0 Å². The maximum absolute atomic E-state index is 4.67. The Kier molecular flexibility index (Phi) is 4.61. The van der Waals surface area contributed by atoms with E-state index < -0.39 is 0 Å². The van der Waals surface area contributed by atoms with Crippen molar-refractivity contribution < 1.29 is 0 Å². The topological polar surface area (TPSA) is 66.8 Å². The average molecular weight is 356 g/mol. The first-order valence-electron chi connectivity index (χ1n) is 8.89. The van der Waals surface area contributed by atoms with Gasteiger partial charge in [0.1, 0.15) is 0 Å². The Balaban J connectivity index is 1.68. The number of nitrogens with one attached hydrogen (secondary N) is 1. The SMILES string of the molecule is CCN(c1cccc(C)c1)c1cnnc(Nc2cccc3cccnc23)n1. The number of hydrogen-bond donors (Lipinski definition) is 1. The zero-order chi connectivity index (χ0) is 18.6. The number of benzene rings is 2. The minimum atomic E-state index is 0.441. The molecule has 0 aliphatic heterocycles. The predicted molar refractivity (Wildman–Crippen MR) is 109 cm³/mol. The molecule has 2 aromatic heterocycles. The second kappa shape index (κ2) is 7.37. The Morgan fingerprint density at radius 3 is 2.74 bits per heavy atom. The van der Waals surface area contributed by atoms with Crippen molar-refractivity contribution in [3.05, 3.63) is 72.6 Å². The highest BCUT2D eigenvalue weighted by Crippen LogP contribution is 2.26. The third-order valence-corrected chi connectivity index (χ3v) is 4.33. The Morgan fingerprint density at radius 1 is 1.04 bits per heavy atom. The molecule has 0 aliphatic carbocycles. The van der Waals surface area contributed by atoms with Gasteiger partial charge >= 0.3 is 0 Å². The summed E-state index contributed by atoms with van der Waals surface area (Å²) in [7, 11) is 0. The van der Waals surface area contributed by atoms with Crippen LogP contribution in [0.5, 0.6) is 0 Å². The van der Waals surface area contributed by atoms with Crippen LogP contribution in [0.1, 0.15) is 12.5 Å². The highest BCUT2D eigenvalue weighted by Gasteiger charge is 2.12. The van der Waals surface area contributed by atoms with Crippen molar-refractivity contribution in [3.8, 4) is 0 Å². The van der Waals surface area contributed by atoms with Gasteiger partial charge in [-0.2, -0.15) is 10.1 Å². The van der Waals surface area contributed by atoms with Crippen LogP contribution in [0.3, 0.4) is 0 Å². The molecule has 4 rings (SSSR count). The molecule has 0 spiro atoms. The van der Waals surface area contributed by atoms with Crippen LogP contribution < -0.4 is 10.2 Å². The first kappa shape index (κ1) is 16.9. The molecule has 2 heterocycles. The van der Waals surface area contributed by atoms with E-state index in [-0.39, 0.29) is 0 Å². The molecule has 0 bridgehead atoms. The number of pyridine rings is 1. The number of rotatable bonds is 5.